The predicted octanol–water partition coefficient (Wildman–Crippen LogP) is 3.34. The first-order valence-corrected chi connectivity index (χ1v) is 9.09. The molecule has 0 fully saturated rings. The fourth-order valence-electron chi connectivity index (χ4n) is 2.44. The molecular weight excluding hydrogens is 375 g/mol. The summed E-state index contributed by atoms with van der Waals surface area (Å²) in [6.45, 7) is 3.82. The number of guanidine groups is 1. The minimum atomic E-state index is 0.223. The second kappa shape index (κ2) is 9.59. The number of phenols is 1. The van der Waals surface area contributed by atoms with Crippen LogP contribution in [0, 0.1) is 0 Å². The van der Waals surface area contributed by atoms with Crippen LogP contribution in [0.2, 0.25) is 10.2 Å². The number of hydrogen-bond acceptors (Lipinski definition) is 3. The molecule has 2 rings (SSSR count). The molecule has 3 N–H and O–H groups in total. The molecule has 26 heavy (non-hydrogen) atoms. The van der Waals surface area contributed by atoms with Crippen LogP contribution in [0.5, 0.6) is 11.5 Å². The fourth-order valence-corrected chi connectivity index (χ4v) is 2.86. The Morgan fingerprint density at radius 3 is 2.62 bits per heavy atom. The highest BCUT2D eigenvalue weighted by Crippen LogP contribution is 2.25. The standard InChI is InChI=1S/C18H24Cl2N4O2/c1-4-21-18(23-11-13-9-15(19)17(20)24(13)2)22-8-7-12-5-6-14(26-3)10-16(12)25/h5-6,9-10,25H,4,7-8,11H2,1-3H3,(H2,21,22,23). The molecule has 0 aliphatic carbocycles. The van der Waals surface area contributed by atoms with Gasteiger partial charge in [-0.05, 0) is 31.0 Å². The number of rotatable bonds is 7. The largest absolute Gasteiger partial charge is 0.508 e. The van der Waals surface area contributed by atoms with E-state index in [1.165, 1.54) is 0 Å². The highest BCUT2D eigenvalue weighted by molar-refractivity contribution is 6.41. The summed E-state index contributed by atoms with van der Waals surface area (Å²) in [5.74, 6) is 1.55. The number of aromatic nitrogens is 1. The van der Waals surface area contributed by atoms with E-state index >= 15 is 0 Å². The second-order valence-electron chi connectivity index (χ2n) is 5.70. The van der Waals surface area contributed by atoms with Crippen molar-refractivity contribution in [3.63, 3.8) is 0 Å². The van der Waals surface area contributed by atoms with Gasteiger partial charge in [0, 0.05) is 31.9 Å². The summed E-state index contributed by atoms with van der Waals surface area (Å²) in [7, 11) is 3.42. The molecule has 1 heterocycles. The van der Waals surface area contributed by atoms with Crippen molar-refractivity contribution in [2.24, 2.45) is 12.0 Å². The molecule has 0 amide bonds. The summed E-state index contributed by atoms with van der Waals surface area (Å²) in [5, 5.41) is 17.5. The normalized spacial score (nSPS) is 11.5. The Balaban J connectivity index is 1.96. The van der Waals surface area contributed by atoms with E-state index in [-0.39, 0.29) is 5.75 Å². The Morgan fingerprint density at radius 2 is 2.04 bits per heavy atom. The van der Waals surface area contributed by atoms with Crippen LogP contribution < -0.4 is 15.4 Å². The van der Waals surface area contributed by atoms with Gasteiger partial charge in [0.05, 0.1) is 18.7 Å². The Kier molecular flexibility index (Phi) is 7.48. The average molecular weight is 399 g/mol. The quantitative estimate of drug-likeness (QED) is 0.493. The first-order valence-electron chi connectivity index (χ1n) is 8.33. The molecule has 0 unspecified atom stereocenters. The Hall–Kier alpha value is -2.05. The lowest BCUT2D eigenvalue weighted by molar-refractivity contribution is 0.406. The van der Waals surface area contributed by atoms with E-state index in [2.05, 4.69) is 15.6 Å². The predicted molar refractivity (Wildman–Crippen MR) is 107 cm³/mol. The molecule has 0 saturated heterocycles. The monoisotopic (exact) mass is 398 g/mol. The lowest BCUT2D eigenvalue weighted by Gasteiger charge is -2.12. The van der Waals surface area contributed by atoms with Gasteiger partial charge in [-0.1, -0.05) is 29.3 Å². The van der Waals surface area contributed by atoms with Crippen LogP contribution in [-0.2, 0) is 20.0 Å². The molecule has 0 aliphatic rings. The van der Waals surface area contributed by atoms with Gasteiger partial charge in [-0.15, -0.1) is 0 Å². The van der Waals surface area contributed by atoms with Gasteiger partial charge in [0.2, 0.25) is 0 Å². The maximum atomic E-state index is 10.0. The molecule has 0 saturated carbocycles. The molecular formula is C18H24Cl2N4O2. The molecule has 6 nitrogen and oxygen atoms in total. The van der Waals surface area contributed by atoms with Crippen molar-refractivity contribution < 1.29 is 9.84 Å². The third-order valence-corrected chi connectivity index (χ3v) is 4.78. The number of nitrogens with zero attached hydrogens (tertiary/aromatic N) is 2. The van der Waals surface area contributed by atoms with Crippen molar-refractivity contribution >= 4 is 29.2 Å². The molecule has 1 aromatic carbocycles. The van der Waals surface area contributed by atoms with E-state index in [0.717, 1.165) is 17.8 Å². The maximum Gasteiger partial charge on any atom is 0.191 e. The van der Waals surface area contributed by atoms with Crippen molar-refractivity contribution in [2.75, 3.05) is 20.2 Å². The molecule has 1 aromatic heterocycles. The molecule has 142 valence electrons. The Morgan fingerprint density at radius 1 is 1.27 bits per heavy atom. The first-order chi connectivity index (χ1) is 12.5. The van der Waals surface area contributed by atoms with E-state index in [1.54, 1.807) is 13.2 Å². The third kappa shape index (κ3) is 5.22. The van der Waals surface area contributed by atoms with Gasteiger partial charge in [-0.2, -0.15) is 0 Å². The third-order valence-electron chi connectivity index (χ3n) is 3.94. The van der Waals surface area contributed by atoms with Crippen LogP contribution in [0.25, 0.3) is 0 Å². The van der Waals surface area contributed by atoms with Crippen molar-refractivity contribution in [3.8, 4) is 11.5 Å². The van der Waals surface area contributed by atoms with Gasteiger partial charge in [-0.3, -0.25) is 0 Å². The smallest absolute Gasteiger partial charge is 0.191 e. The highest BCUT2D eigenvalue weighted by atomic mass is 35.5. The minimum Gasteiger partial charge on any atom is -0.508 e. The number of halogens is 2. The van der Waals surface area contributed by atoms with Gasteiger partial charge in [-0.25, -0.2) is 4.99 Å². The van der Waals surface area contributed by atoms with Crippen LogP contribution in [-0.4, -0.2) is 35.8 Å². The molecule has 0 radical (unpaired) electrons. The van der Waals surface area contributed by atoms with Gasteiger partial charge < -0.3 is 25.0 Å². The van der Waals surface area contributed by atoms with Crippen molar-refractivity contribution in [3.05, 3.63) is 45.7 Å². The molecule has 0 bridgehead atoms. The fraction of sp³-hybridized carbons (Fsp3) is 0.389. The topological polar surface area (TPSA) is 70.8 Å². The van der Waals surface area contributed by atoms with Crippen LogP contribution in [0.3, 0.4) is 0 Å². The van der Waals surface area contributed by atoms with Gasteiger partial charge in [0.1, 0.15) is 16.7 Å². The van der Waals surface area contributed by atoms with E-state index in [9.17, 15) is 5.11 Å². The minimum absolute atomic E-state index is 0.223. The molecule has 8 heteroatoms. The summed E-state index contributed by atoms with van der Waals surface area (Å²) in [5.41, 5.74) is 1.76. The molecule has 0 aliphatic heterocycles. The number of hydrogen-bond donors (Lipinski definition) is 3. The average Bonchev–Trinajstić information content (AvgIpc) is 2.87. The summed E-state index contributed by atoms with van der Waals surface area (Å²) < 4.78 is 6.90. The van der Waals surface area contributed by atoms with Crippen molar-refractivity contribution in [1.29, 1.82) is 0 Å². The van der Waals surface area contributed by atoms with E-state index < -0.39 is 0 Å². The second-order valence-corrected chi connectivity index (χ2v) is 6.47. The zero-order valence-electron chi connectivity index (χ0n) is 15.1. The molecule has 2 aromatic rings. The summed E-state index contributed by atoms with van der Waals surface area (Å²) >= 11 is 12.1. The number of phenolic OH excluding ortho intramolecular Hbond substituents is 1. The van der Waals surface area contributed by atoms with E-state index in [1.807, 2.05) is 36.7 Å². The van der Waals surface area contributed by atoms with Crippen LogP contribution >= 0.6 is 23.2 Å². The van der Waals surface area contributed by atoms with Gasteiger partial charge in [0.25, 0.3) is 0 Å². The number of ether oxygens (including phenoxy) is 1. The van der Waals surface area contributed by atoms with Crippen LogP contribution in [0.4, 0.5) is 0 Å². The summed E-state index contributed by atoms with van der Waals surface area (Å²) in [4.78, 5) is 4.55. The van der Waals surface area contributed by atoms with Crippen LogP contribution in [0.15, 0.2) is 29.3 Å². The maximum absolute atomic E-state index is 10.0. The Bertz CT molecular complexity index is 775. The van der Waals surface area contributed by atoms with E-state index in [0.29, 0.717) is 41.4 Å². The zero-order valence-corrected chi connectivity index (χ0v) is 16.7. The van der Waals surface area contributed by atoms with Gasteiger partial charge in [0.15, 0.2) is 5.96 Å². The van der Waals surface area contributed by atoms with Crippen molar-refractivity contribution in [2.45, 2.75) is 19.9 Å². The van der Waals surface area contributed by atoms with Crippen molar-refractivity contribution in [1.82, 2.24) is 15.2 Å². The summed E-state index contributed by atoms with van der Waals surface area (Å²) in [6, 6.07) is 7.11. The highest BCUT2D eigenvalue weighted by Gasteiger charge is 2.09. The zero-order chi connectivity index (χ0) is 19.1. The molecule has 0 spiro atoms. The number of methoxy groups -OCH3 is 1. The lowest BCUT2D eigenvalue weighted by atomic mass is 10.1. The van der Waals surface area contributed by atoms with E-state index in [4.69, 9.17) is 27.9 Å². The first kappa shape index (κ1) is 20.3. The number of aliphatic imine (C=N–C) groups is 1. The lowest BCUT2D eigenvalue weighted by Crippen LogP contribution is -2.38. The molecule has 0 atom stereocenters. The summed E-state index contributed by atoms with van der Waals surface area (Å²) in [6.07, 6.45) is 0.655. The van der Waals surface area contributed by atoms with Gasteiger partial charge >= 0.3 is 0 Å². The number of benzene rings is 1. The number of aromatic hydroxyl groups is 1. The number of nitrogens with one attached hydrogen (secondary N) is 2. The SMILES string of the molecule is CCNC(=NCc1cc(Cl)c(Cl)n1C)NCCc1ccc(OC)cc1O. The Labute approximate surface area is 163 Å². The van der Waals surface area contributed by atoms with Crippen LogP contribution in [0.1, 0.15) is 18.2 Å².